The van der Waals surface area contributed by atoms with Gasteiger partial charge in [-0.15, -0.1) is 0 Å². The van der Waals surface area contributed by atoms with Gasteiger partial charge < -0.3 is 9.80 Å². The monoisotopic (exact) mass is 496 g/mol. The van der Waals surface area contributed by atoms with Gasteiger partial charge in [0.05, 0.1) is 22.7 Å². The van der Waals surface area contributed by atoms with E-state index in [-0.39, 0.29) is 11.8 Å². The molecule has 1 aliphatic heterocycles. The number of carbonyl (C=O) groups is 1. The summed E-state index contributed by atoms with van der Waals surface area (Å²) >= 11 is 0. The largest absolute Gasteiger partial charge is 0.352 e. The summed E-state index contributed by atoms with van der Waals surface area (Å²) in [7, 11) is 0. The van der Waals surface area contributed by atoms with Crippen LogP contribution >= 0.6 is 0 Å². The zero-order valence-electron chi connectivity index (χ0n) is 22.3. The Balaban J connectivity index is 1.44. The molecule has 0 unspecified atom stereocenters. The summed E-state index contributed by atoms with van der Waals surface area (Å²) in [6.07, 6.45) is 1.60. The lowest BCUT2D eigenvalue weighted by atomic mass is 9.95. The molecule has 2 aromatic heterocycles. The number of anilines is 1. The quantitative estimate of drug-likeness (QED) is 0.353. The number of piperazine rings is 1. The van der Waals surface area contributed by atoms with E-state index in [0.29, 0.717) is 19.0 Å². The van der Waals surface area contributed by atoms with Crippen LogP contribution in [0.4, 0.5) is 5.82 Å². The average Bonchev–Trinajstić information content (AvgIpc) is 3.25. The van der Waals surface area contributed by atoms with Crippen LogP contribution in [-0.4, -0.2) is 56.7 Å². The molecule has 192 valence electrons. The highest BCUT2D eigenvalue weighted by atomic mass is 16.2. The molecule has 2 aromatic carbocycles. The summed E-state index contributed by atoms with van der Waals surface area (Å²) in [6.45, 7) is 11.3. The molecule has 1 saturated heterocycles. The highest BCUT2D eigenvalue weighted by molar-refractivity contribution is 5.91. The number of rotatable bonds is 7. The zero-order valence-corrected chi connectivity index (χ0v) is 22.3. The first-order valence-electron chi connectivity index (χ1n) is 13.4. The van der Waals surface area contributed by atoms with Gasteiger partial charge in [-0.25, -0.2) is 14.6 Å². The van der Waals surface area contributed by atoms with Crippen molar-refractivity contribution in [2.24, 2.45) is 5.92 Å². The molecule has 0 saturated carbocycles. The molecule has 0 spiro atoms. The lowest BCUT2D eigenvalue weighted by Gasteiger charge is -2.37. The number of aryl methyl sites for hydroxylation is 1. The van der Waals surface area contributed by atoms with Crippen LogP contribution in [0, 0.1) is 12.8 Å². The molecule has 0 N–H and O–H groups in total. The maximum absolute atomic E-state index is 13.4. The normalized spacial score (nSPS) is 14.9. The van der Waals surface area contributed by atoms with Gasteiger partial charge in [0.25, 0.3) is 0 Å². The van der Waals surface area contributed by atoms with Crippen molar-refractivity contribution in [1.29, 1.82) is 0 Å². The van der Waals surface area contributed by atoms with Gasteiger partial charge in [-0.05, 0) is 37.0 Å². The molecule has 7 heteroatoms. The van der Waals surface area contributed by atoms with Crippen LogP contribution < -0.4 is 4.90 Å². The zero-order chi connectivity index (χ0) is 25.9. The van der Waals surface area contributed by atoms with E-state index >= 15 is 0 Å². The topological polar surface area (TPSA) is 67.2 Å². The second kappa shape index (κ2) is 10.7. The van der Waals surface area contributed by atoms with Gasteiger partial charge >= 0.3 is 0 Å². The third-order valence-corrected chi connectivity index (χ3v) is 7.12. The van der Waals surface area contributed by atoms with Crippen LogP contribution in [0.2, 0.25) is 0 Å². The first-order chi connectivity index (χ1) is 18.0. The van der Waals surface area contributed by atoms with Crippen LogP contribution in [0.1, 0.15) is 50.2 Å². The first kappa shape index (κ1) is 24.9. The molecular formula is C30H36N6O. The van der Waals surface area contributed by atoms with Crippen LogP contribution in [0.25, 0.3) is 16.7 Å². The Morgan fingerprint density at radius 1 is 0.919 bits per heavy atom. The molecular weight excluding hydrogens is 460 g/mol. The van der Waals surface area contributed by atoms with Crippen LogP contribution in [-0.2, 0) is 11.2 Å². The predicted octanol–water partition coefficient (Wildman–Crippen LogP) is 5.16. The predicted molar refractivity (Wildman–Crippen MR) is 148 cm³/mol. The van der Waals surface area contributed by atoms with E-state index in [4.69, 9.17) is 15.1 Å². The Bertz CT molecular complexity index is 1360. The van der Waals surface area contributed by atoms with Gasteiger partial charge in [0.15, 0.2) is 5.65 Å². The van der Waals surface area contributed by atoms with Crippen molar-refractivity contribution in [3.05, 3.63) is 77.7 Å². The van der Waals surface area contributed by atoms with E-state index in [0.717, 1.165) is 65.6 Å². The fourth-order valence-electron chi connectivity index (χ4n) is 5.24. The van der Waals surface area contributed by atoms with Gasteiger partial charge in [0.1, 0.15) is 11.6 Å². The van der Waals surface area contributed by atoms with Crippen molar-refractivity contribution in [2.75, 3.05) is 31.1 Å². The second-order valence-electron chi connectivity index (χ2n) is 10.3. The minimum Gasteiger partial charge on any atom is -0.352 e. The molecule has 1 amide bonds. The minimum absolute atomic E-state index is 0.0949. The smallest absolute Gasteiger partial charge is 0.230 e. The minimum atomic E-state index is -0.0949. The SMILES string of the molecule is CC[C@H](C(=O)N1CCN(c2nc(CC(C)C)nc3c2c(C)nn3-c2ccccc2)CC1)c1ccccc1. The summed E-state index contributed by atoms with van der Waals surface area (Å²) in [6, 6.07) is 20.3. The number of hydrogen-bond acceptors (Lipinski definition) is 5. The average molecular weight is 497 g/mol. The van der Waals surface area contributed by atoms with E-state index in [1.165, 1.54) is 0 Å². The molecule has 4 aromatic rings. The molecule has 0 bridgehead atoms. The number of hydrogen-bond donors (Lipinski definition) is 0. The summed E-state index contributed by atoms with van der Waals surface area (Å²) in [5.41, 5.74) is 3.84. The maximum atomic E-state index is 13.4. The third kappa shape index (κ3) is 5.08. The van der Waals surface area contributed by atoms with Crippen LogP contribution in [0.15, 0.2) is 60.7 Å². The van der Waals surface area contributed by atoms with Gasteiger partial charge in [-0.2, -0.15) is 5.10 Å². The second-order valence-corrected chi connectivity index (χ2v) is 10.3. The Morgan fingerprint density at radius 3 is 2.19 bits per heavy atom. The molecule has 1 atom stereocenters. The molecule has 1 aliphatic rings. The van der Waals surface area contributed by atoms with E-state index in [2.05, 4.69) is 49.9 Å². The van der Waals surface area contributed by atoms with Gasteiger partial charge in [0.2, 0.25) is 5.91 Å². The lowest BCUT2D eigenvalue weighted by Crippen LogP contribution is -2.50. The number of para-hydroxylation sites is 1. The van der Waals surface area contributed by atoms with E-state index in [1.807, 2.05) is 52.9 Å². The van der Waals surface area contributed by atoms with Crippen molar-refractivity contribution < 1.29 is 4.79 Å². The summed E-state index contributed by atoms with van der Waals surface area (Å²) in [4.78, 5) is 27.8. The van der Waals surface area contributed by atoms with Gasteiger partial charge in [0, 0.05) is 32.6 Å². The number of carbonyl (C=O) groups excluding carboxylic acids is 1. The Kier molecular flexibility index (Phi) is 7.22. The molecule has 3 heterocycles. The Morgan fingerprint density at radius 2 is 1.57 bits per heavy atom. The van der Waals surface area contributed by atoms with Crippen molar-refractivity contribution in [1.82, 2.24) is 24.6 Å². The Hall–Kier alpha value is -3.74. The van der Waals surface area contributed by atoms with Crippen molar-refractivity contribution in [3.63, 3.8) is 0 Å². The summed E-state index contributed by atoms with van der Waals surface area (Å²) < 4.78 is 1.94. The van der Waals surface area contributed by atoms with Crippen LogP contribution in [0.5, 0.6) is 0 Å². The summed E-state index contributed by atoms with van der Waals surface area (Å²) in [5, 5.41) is 5.86. The molecule has 0 aliphatic carbocycles. The number of amides is 1. The van der Waals surface area contributed by atoms with E-state index < -0.39 is 0 Å². The standard InChI is InChI=1S/C30H36N6O/c1-5-25(23-12-8-6-9-13-23)30(37)35-18-16-34(17-19-35)28-27-22(4)33-36(24-14-10-7-11-15-24)29(27)32-26(31-28)20-21(2)3/h6-15,21,25H,5,16-20H2,1-4H3/t25-/m0/s1. The molecule has 0 radical (unpaired) electrons. The highest BCUT2D eigenvalue weighted by Gasteiger charge is 2.30. The van der Waals surface area contributed by atoms with E-state index in [1.54, 1.807) is 0 Å². The number of benzene rings is 2. The van der Waals surface area contributed by atoms with Crippen molar-refractivity contribution >= 4 is 22.8 Å². The highest BCUT2D eigenvalue weighted by Crippen LogP contribution is 2.31. The fraction of sp³-hybridized carbons (Fsp3) is 0.400. The third-order valence-electron chi connectivity index (χ3n) is 7.12. The maximum Gasteiger partial charge on any atom is 0.230 e. The molecule has 7 nitrogen and oxygen atoms in total. The molecule has 5 rings (SSSR count). The molecule has 37 heavy (non-hydrogen) atoms. The molecule has 1 fully saturated rings. The summed E-state index contributed by atoms with van der Waals surface area (Å²) in [5.74, 6) is 2.33. The lowest BCUT2D eigenvalue weighted by molar-refractivity contribution is -0.133. The van der Waals surface area contributed by atoms with Crippen molar-refractivity contribution in [3.8, 4) is 5.69 Å². The first-order valence-corrected chi connectivity index (χ1v) is 13.4. The van der Waals surface area contributed by atoms with Gasteiger partial charge in [-0.3, -0.25) is 4.79 Å². The van der Waals surface area contributed by atoms with E-state index in [9.17, 15) is 4.79 Å². The number of fused-ring (bicyclic) bond motifs is 1. The number of aromatic nitrogens is 4. The fourth-order valence-corrected chi connectivity index (χ4v) is 5.24. The Labute approximate surface area is 219 Å². The number of nitrogens with zero attached hydrogens (tertiary/aromatic N) is 6. The van der Waals surface area contributed by atoms with Crippen molar-refractivity contribution in [2.45, 2.75) is 46.5 Å². The van der Waals surface area contributed by atoms with Gasteiger partial charge in [-0.1, -0.05) is 69.3 Å². The van der Waals surface area contributed by atoms with Crippen LogP contribution in [0.3, 0.4) is 0 Å².